The van der Waals surface area contributed by atoms with Gasteiger partial charge in [0.1, 0.15) is 5.54 Å². The molecule has 1 heterocycles. The topological polar surface area (TPSA) is 53.2 Å². The Bertz CT molecular complexity index is 242. The van der Waals surface area contributed by atoms with Crippen LogP contribution in [0.3, 0.4) is 0 Å². The van der Waals surface area contributed by atoms with Crippen molar-refractivity contribution in [1.82, 2.24) is 16.2 Å². The molecule has 94 valence electrons. The van der Waals surface area contributed by atoms with Crippen LogP contribution in [-0.2, 0) is 4.79 Å². The molecule has 1 fully saturated rings. The van der Waals surface area contributed by atoms with Crippen molar-refractivity contribution in [2.75, 3.05) is 0 Å². The minimum atomic E-state index is -0.443. The van der Waals surface area contributed by atoms with Crippen LogP contribution in [0.2, 0.25) is 0 Å². The first-order valence-corrected chi connectivity index (χ1v) is 6.36. The highest BCUT2D eigenvalue weighted by Gasteiger charge is 2.43. The lowest BCUT2D eigenvalue weighted by Gasteiger charge is -2.43. The minimum absolute atomic E-state index is 0.00514. The maximum absolute atomic E-state index is 12.1. The molecule has 0 spiro atoms. The Morgan fingerprint density at radius 2 is 2.06 bits per heavy atom. The molecule has 1 aliphatic heterocycles. The van der Waals surface area contributed by atoms with Gasteiger partial charge in [0.2, 0.25) is 5.91 Å². The van der Waals surface area contributed by atoms with Crippen LogP contribution in [0.25, 0.3) is 0 Å². The maximum Gasteiger partial charge on any atom is 0.243 e. The zero-order valence-electron chi connectivity index (χ0n) is 10.9. The number of hydrogen-bond acceptors (Lipinski definition) is 3. The molecule has 4 nitrogen and oxygen atoms in total. The first-order valence-electron chi connectivity index (χ1n) is 6.36. The normalized spacial score (nSPS) is 30.6. The van der Waals surface area contributed by atoms with Crippen molar-refractivity contribution < 1.29 is 4.79 Å². The van der Waals surface area contributed by atoms with Gasteiger partial charge in [0.05, 0.1) is 6.17 Å². The molecule has 3 N–H and O–H groups in total. The zero-order chi connectivity index (χ0) is 12.2. The van der Waals surface area contributed by atoms with Crippen molar-refractivity contribution in [3.8, 4) is 0 Å². The Labute approximate surface area is 98.5 Å². The van der Waals surface area contributed by atoms with Gasteiger partial charge in [-0.15, -0.1) is 0 Å². The van der Waals surface area contributed by atoms with E-state index in [1.54, 1.807) is 0 Å². The number of carbonyl (C=O) groups excluding carboxylic acids is 1. The van der Waals surface area contributed by atoms with Gasteiger partial charge in [-0.1, -0.05) is 40.0 Å². The lowest BCUT2D eigenvalue weighted by molar-refractivity contribution is -0.135. The van der Waals surface area contributed by atoms with E-state index in [1.807, 2.05) is 6.92 Å². The molecule has 1 amide bonds. The largest absolute Gasteiger partial charge is 0.338 e. The third-order valence-corrected chi connectivity index (χ3v) is 3.42. The SMILES string of the molecule is CCCCCC1(C(C)C)NNC(C)NC1=O. The van der Waals surface area contributed by atoms with Gasteiger partial charge in [-0.2, -0.15) is 0 Å². The summed E-state index contributed by atoms with van der Waals surface area (Å²) in [4.78, 5) is 12.1. The third-order valence-electron chi connectivity index (χ3n) is 3.42. The molecule has 0 aromatic carbocycles. The number of unbranched alkanes of at least 4 members (excludes halogenated alkanes) is 2. The predicted molar refractivity (Wildman–Crippen MR) is 65.6 cm³/mol. The molecular formula is C12H25N3O. The highest BCUT2D eigenvalue weighted by Crippen LogP contribution is 2.25. The maximum atomic E-state index is 12.1. The summed E-state index contributed by atoms with van der Waals surface area (Å²) in [6, 6.07) is 0. The first kappa shape index (κ1) is 13.5. The summed E-state index contributed by atoms with van der Waals surface area (Å²) in [7, 11) is 0. The molecule has 1 aliphatic rings. The fourth-order valence-electron chi connectivity index (χ4n) is 2.18. The Kier molecular flexibility index (Phi) is 4.74. The van der Waals surface area contributed by atoms with Gasteiger partial charge < -0.3 is 5.32 Å². The van der Waals surface area contributed by atoms with Crippen LogP contribution in [-0.4, -0.2) is 17.6 Å². The van der Waals surface area contributed by atoms with E-state index >= 15 is 0 Å². The molecule has 2 atom stereocenters. The third kappa shape index (κ3) is 2.74. The van der Waals surface area contributed by atoms with Crippen molar-refractivity contribution in [3.05, 3.63) is 0 Å². The number of carbonyl (C=O) groups is 1. The molecule has 0 aromatic rings. The fraction of sp³-hybridized carbons (Fsp3) is 0.917. The molecule has 1 saturated heterocycles. The van der Waals surface area contributed by atoms with Gasteiger partial charge in [0.25, 0.3) is 0 Å². The summed E-state index contributed by atoms with van der Waals surface area (Å²) in [5.74, 6) is 0.411. The van der Waals surface area contributed by atoms with Crippen molar-refractivity contribution in [2.45, 2.75) is 65.1 Å². The molecule has 0 saturated carbocycles. The van der Waals surface area contributed by atoms with Gasteiger partial charge in [-0.3, -0.25) is 4.79 Å². The van der Waals surface area contributed by atoms with E-state index in [4.69, 9.17) is 0 Å². The molecule has 16 heavy (non-hydrogen) atoms. The lowest BCUT2D eigenvalue weighted by atomic mass is 9.80. The van der Waals surface area contributed by atoms with Gasteiger partial charge in [-0.25, -0.2) is 10.9 Å². The van der Waals surface area contributed by atoms with E-state index in [0.29, 0.717) is 0 Å². The van der Waals surface area contributed by atoms with Crippen LogP contribution in [0.1, 0.15) is 53.4 Å². The van der Waals surface area contributed by atoms with Crippen molar-refractivity contribution in [3.63, 3.8) is 0 Å². The van der Waals surface area contributed by atoms with Gasteiger partial charge in [0.15, 0.2) is 0 Å². The molecule has 2 unspecified atom stereocenters. The van der Waals surface area contributed by atoms with Gasteiger partial charge in [-0.05, 0) is 19.3 Å². The van der Waals surface area contributed by atoms with Crippen LogP contribution < -0.4 is 16.2 Å². The summed E-state index contributed by atoms with van der Waals surface area (Å²) in [6.07, 6.45) is 4.35. The van der Waals surface area contributed by atoms with Crippen LogP contribution in [0.4, 0.5) is 0 Å². The number of rotatable bonds is 5. The number of amides is 1. The Hall–Kier alpha value is -0.610. The minimum Gasteiger partial charge on any atom is -0.338 e. The summed E-state index contributed by atoms with van der Waals surface area (Å²) >= 11 is 0. The smallest absolute Gasteiger partial charge is 0.243 e. The number of hydrazine groups is 1. The monoisotopic (exact) mass is 227 g/mol. The van der Waals surface area contributed by atoms with Crippen LogP contribution in [0, 0.1) is 5.92 Å². The average molecular weight is 227 g/mol. The van der Waals surface area contributed by atoms with Crippen LogP contribution in [0.5, 0.6) is 0 Å². The summed E-state index contributed by atoms with van der Waals surface area (Å²) in [5.41, 5.74) is 5.92. The average Bonchev–Trinajstić information content (AvgIpc) is 2.21. The van der Waals surface area contributed by atoms with Crippen molar-refractivity contribution in [2.24, 2.45) is 5.92 Å². The van der Waals surface area contributed by atoms with Gasteiger partial charge in [0, 0.05) is 0 Å². The molecule has 0 radical (unpaired) electrons. The summed E-state index contributed by atoms with van der Waals surface area (Å²) in [5, 5.41) is 2.97. The second-order valence-corrected chi connectivity index (χ2v) is 5.05. The Balaban J connectivity index is 2.68. The molecular weight excluding hydrogens is 202 g/mol. The number of nitrogens with one attached hydrogen (secondary N) is 3. The van der Waals surface area contributed by atoms with Crippen LogP contribution in [0.15, 0.2) is 0 Å². The summed E-state index contributed by atoms with van der Waals surface area (Å²) in [6.45, 7) is 8.30. The van der Waals surface area contributed by atoms with E-state index in [1.165, 1.54) is 12.8 Å². The molecule has 4 heteroatoms. The van der Waals surface area contributed by atoms with E-state index in [2.05, 4.69) is 36.9 Å². The van der Waals surface area contributed by atoms with E-state index in [0.717, 1.165) is 12.8 Å². The molecule has 0 bridgehead atoms. The highest BCUT2D eigenvalue weighted by molar-refractivity contribution is 5.87. The molecule has 1 rings (SSSR count). The van der Waals surface area contributed by atoms with Crippen molar-refractivity contribution >= 4 is 5.91 Å². The second-order valence-electron chi connectivity index (χ2n) is 5.05. The zero-order valence-corrected chi connectivity index (χ0v) is 10.9. The lowest BCUT2D eigenvalue weighted by Crippen LogP contribution is -2.73. The van der Waals surface area contributed by atoms with E-state index in [9.17, 15) is 4.79 Å². The van der Waals surface area contributed by atoms with E-state index in [-0.39, 0.29) is 18.0 Å². The van der Waals surface area contributed by atoms with Gasteiger partial charge >= 0.3 is 0 Å². The summed E-state index contributed by atoms with van der Waals surface area (Å²) < 4.78 is 0. The quantitative estimate of drug-likeness (QED) is 0.624. The predicted octanol–water partition coefficient (Wildman–Crippen LogP) is 1.53. The van der Waals surface area contributed by atoms with Crippen molar-refractivity contribution in [1.29, 1.82) is 0 Å². The Morgan fingerprint density at radius 1 is 1.38 bits per heavy atom. The standard InChI is InChI=1S/C12H25N3O/c1-5-6-7-8-12(9(2)3)11(16)13-10(4)14-15-12/h9-10,14-15H,5-8H2,1-4H3,(H,13,16). The van der Waals surface area contributed by atoms with E-state index < -0.39 is 5.54 Å². The number of hydrogen-bond donors (Lipinski definition) is 3. The molecule has 0 aromatic heterocycles. The highest BCUT2D eigenvalue weighted by atomic mass is 16.2. The fourth-order valence-corrected chi connectivity index (χ4v) is 2.18. The second kappa shape index (κ2) is 5.64. The first-order chi connectivity index (χ1) is 7.53. The van der Waals surface area contributed by atoms with Crippen LogP contribution >= 0.6 is 0 Å². The Morgan fingerprint density at radius 3 is 2.56 bits per heavy atom. The molecule has 0 aliphatic carbocycles.